The fraction of sp³-hybridized carbons (Fsp3) is 0.500. The predicted octanol–water partition coefficient (Wildman–Crippen LogP) is 2.94. The summed E-state index contributed by atoms with van der Waals surface area (Å²) in [5, 5.41) is 2.75. The van der Waals surface area contributed by atoms with E-state index in [4.69, 9.17) is 5.73 Å². The van der Waals surface area contributed by atoms with Gasteiger partial charge in [0.15, 0.2) is 5.75 Å². The molecule has 2 rings (SSSR count). The number of hydrogen-bond donors (Lipinski definition) is 2. The minimum Gasteiger partial charge on any atom is -0.404 e. The summed E-state index contributed by atoms with van der Waals surface area (Å²) in [4.78, 5) is 11.9. The number of nitrogen functional groups attached to an aromatic ring is 1. The number of rotatable bonds is 4. The number of ether oxygens (including phenoxy) is 1. The number of carbonyl (C=O) groups excluding carboxylic acids is 1. The van der Waals surface area contributed by atoms with Crippen LogP contribution in [0.1, 0.15) is 30.6 Å². The van der Waals surface area contributed by atoms with Gasteiger partial charge in [-0.1, -0.05) is 13.8 Å². The van der Waals surface area contributed by atoms with E-state index in [9.17, 15) is 18.0 Å². The average Bonchev–Trinajstić information content (AvgIpc) is 2.95. The van der Waals surface area contributed by atoms with Crippen molar-refractivity contribution in [3.63, 3.8) is 0 Å². The van der Waals surface area contributed by atoms with Crippen LogP contribution in [0.2, 0.25) is 0 Å². The molecule has 0 spiro atoms. The number of hydrogen-bond acceptors (Lipinski definition) is 3. The van der Waals surface area contributed by atoms with E-state index >= 15 is 0 Å². The zero-order valence-electron chi connectivity index (χ0n) is 11.8. The quantitative estimate of drug-likeness (QED) is 0.841. The molecule has 1 aromatic rings. The molecule has 1 aromatic carbocycles. The van der Waals surface area contributed by atoms with Gasteiger partial charge < -0.3 is 15.8 Å². The van der Waals surface area contributed by atoms with Gasteiger partial charge in [0.1, 0.15) is 0 Å². The molecule has 0 aliphatic heterocycles. The maximum Gasteiger partial charge on any atom is 0.573 e. The van der Waals surface area contributed by atoms with Crippen molar-refractivity contribution in [3.8, 4) is 5.75 Å². The molecule has 1 amide bonds. The Balaban J connectivity index is 1.97. The third-order valence-corrected chi connectivity index (χ3v) is 3.72. The van der Waals surface area contributed by atoms with Crippen LogP contribution in [0.25, 0.3) is 0 Å². The Morgan fingerprint density at radius 2 is 2.10 bits per heavy atom. The SMILES string of the molecule is CC1(C)CC1CNC(=O)c1ccc(OC(F)(F)F)c(N)c1. The second-order valence-electron chi connectivity index (χ2n) is 5.90. The number of halogens is 3. The van der Waals surface area contributed by atoms with Gasteiger partial charge in [-0.25, -0.2) is 0 Å². The summed E-state index contributed by atoms with van der Waals surface area (Å²) in [6.45, 7) is 4.78. The van der Waals surface area contributed by atoms with Gasteiger partial charge in [-0.2, -0.15) is 0 Å². The number of nitrogens with two attached hydrogens (primary N) is 1. The van der Waals surface area contributed by atoms with Crippen molar-refractivity contribution in [2.75, 3.05) is 12.3 Å². The van der Waals surface area contributed by atoms with Crippen LogP contribution in [0.4, 0.5) is 18.9 Å². The molecule has 3 N–H and O–H groups in total. The lowest BCUT2D eigenvalue weighted by Crippen LogP contribution is -2.26. The zero-order valence-corrected chi connectivity index (χ0v) is 11.8. The molecule has 116 valence electrons. The second kappa shape index (κ2) is 5.13. The Kier molecular flexibility index (Phi) is 3.78. The van der Waals surface area contributed by atoms with Crippen LogP contribution in [-0.2, 0) is 0 Å². The van der Waals surface area contributed by atoms with Crippen LogP contribution in [0.5, 0.6) is 5.75 Å². The van der Waals surface area contributed by atoms with Gasteiger partial charge in [0, 0.05) is 12.1 Å². The molecular weight excluding hydrogens is 285 g/mol. The average molecular weight is 302 g/mol. The third kappa shape index (κ3) is 4.03. The third-order valence-electron chi connectivity index (χ3n) is 3.72. The molecule has 0 saturated heterocycles. The first-order chi connectivity index (χ1) is 9.58. The molecule has 21 heavy (non-hydrogen) atoms. The Bertz CT molecular complexity index is 556. The van der Waals surface area contributed by atoms with Crippen molar-refractivity contribution in [2.45, 2.75) is 26.6 Å². The molecule has 0 bridgehead atoms. The van der Waals surface area contributed by atoms with Gasteiger partial charge in [-0.3, -0.25) is 4.79 Å². The number of alkyl halides is 3. The molecule has 1 fully saturated rings. The van der Waals surface area contributed by atoms with E-state index in [1.54, 1.807) is 0 Å². The summed E-state index contributed by atoms with van der Waals surface area (Å²) >= 11 is 0. The van der Waals surface area contributed by atoms with E-state index in [-0.39, 0.29) is 22.6 Å². The molecule has 0 heterocycles. The molecule has 1 atom stereocenters. The summed E-state index contributed by atoms with van der Waals surface area (Å²) < 4.78 is 40.1. The molecule has 1 unspecified atom stereocenters. The lowest BCUT2D eigenvalue weighted by Gasteiger charge is -2.12. The fourth-order valence-corrected chi connectivity index (χ4v) is 2.15. The van der Waals surface area contributed by atoms with Crippen molar-refractivity contribution in [1.29, 1.82) is 0 Å². The minimum absolute atomic E-state index is 0.209. The highest BCUT2D eigenvalue weighted by molar-refractivity contribution is 5.95. The summed E-state index contributed by atoms with van der Waals surface area (Å²) in [6.07, 6.45) is -3.76. The number of carbonyl (C=O) groups is 1. The number of anilines is 1. The van der Waals surface area contributed by atoms with E-state index in [1.165, 1.54) is 12.1 Å². The van der Waals surface area contributed by atoms with Gasteiger partial charge >= 0.3 is 6.36 Å². The van der Waals surface area contributed by atoms with Crippen LogP contribution >= 0.6 is 0 Å². The van der Waals surface area contributed by atoms with E-state index in [2.05, 4.69) is 23.9 Å². The monoisotopic (exact) mass is 302 g/mol. The summed E-state index contributed by atoms with van der Waals surface area (Å²) in [5.74, 6) is -0.433. The Hall–Kier alpha value is -1.92. The van der Waals surface area contributed by atoms with Crippen molar-refractivity contribution in [1.82, 2.24) is 5.32 Å². The summed E-state index contributed by atoms with van der Waals surface area (Å²) in [6, 6.07) is 3.47. The first-order valence-electron chi connectivity index (χ1n) is 6.52. The van der Waals surface area contributed by atoms with Gasteiger partial charge in [0.05, 0.1) is 5.69 Å². The van der Waals surface area contributed by atoms with Crippen LogP contribution in [0.3, 0.4) is 0 Å². The van der Waals surface area contributed by atoms with E-state index in [1.807, 2.05) is 0 Å². The largest absolute Gasteiger partial charge is 0.573 e. The van der Waals surface area contributed by atoms with Crippen LogP contribution < -0.4 is 15.8 Å². The van der Waals surface area contributed by atoms with Crippen LogP contribution in [0.15, 0.2) is 18.2 Å². The molecule has 7 heteroatoms. The molecule has 0 aromatic heterocycles. The van der Waals surface area contributed by atoms with Gasteiger partial charge in [0.2, 0.25) is 0 Å². The van der Waals surface area contributed by atoms with Gasteiger partial charge in [0.25, 0.3) is 5.91 Å². The predicted molar refractivity (Wildman–Crippen MR) is 71.8 cm³/mol. The Labute approximate surface area is 120 Å². The molecular formula is C14H17F3N2O2. The van der Waals surface area contributed by atoms with E-state index in [0.29, 0.717) is 12.5 Å². The lowest BCUT2D eigenvalue weighted by atomic mass is 10.1. The highest BCUT2D eigenvalue weighted by Gasteiger charge is 2.45. The number of nitrogens with one attached hydrogen (secondary N) is 1. The lowest BCUT2D eigenvalue weighted by molar-refractivity contribution is -0.274. The van der Waals surface area contributed by atoms with E-state index in [0.717, 1.165) is 12.5 Å². The molecule has 0 radical (unpaired) electrons. The van der Waals surface area contributed by atoms with Crippen molar-refractivity contribution < 1.29 is 22.7 Å². The minimum atomic E-state index is -4.81. The first-order valence-corrected chi connectivity index (χ1v) is 6.52. The zero-order chi connectivity index (χ0) is 15.8. The van der Waals surface area contributed by atoms with Crippen molar-refractivity contribution in [2.24, 2.45) is 11.3 Å². The van der Waals surface area contributed by atoms with Gasteiger partial charge in [-0.15, -0.1) is 13.2 Å². The van der Waals surface area contributed by atoms with Crippen LogP contribution in [0, 0.1) is 11.3 Å². The van der Waals surface area contributed by atoms with Crippen molar-refractivity contribution in [3.05, 3.63) is 23.8 Å². The maximum atomic E-state index is 12.1. The Morgan fingerprint density at radius 3 is 2.57 bits per heavy atom. The van der Waals surface area contributed by atoms with E-state index < -0.39 is 12.1 Å². The topological polar surface area (TPSA) is 64.3 Å². The normalized spacial score (nSPS) is 20.0. The smallest absolute Gasteiger partial charge is 0.404 e. The molecule has 4 nitrogen and oxygen atoms in total. The summed E-state index contributed by atoms with van der Waals surface area (Å²) in [7, 11) is 0. The first kappa shape index (κ1) is 15.5. The Morgan fingerprint density at radius 1 is 1.48 bits per heavy atom. The fourth-order valence-electron chi connectivity index (χ4n) is 2.15. The van der Waals surface area contributed by atoms with Crippen LogP contribution in [-0.4, -0.2) is 18.8 Å². The maximum absolute atomic E-state index is 12.1. The van der Waals surface area contributed by atoms with Gasteiger partial charge in [-0.05, 0) is 36.0 Å². The molecule has 1 aliphatic carbocycles. The number of amides is 1. The highest BCUT2D eigenvalue weighted by atomic mass is 19.4. The number of benzene rings is 1. The summed E-state index contributed by atoms with van der Waals surface area (Å²) in [5.41, 5.74) is 5.70. The standard InChI is InChI=1S/C14H17F3N2O2/c1-13(2)6-9(13)7-19-12(20)8-3-4-11(10(18)5-8)21-14(15,16)17/h3-5,9H,6-7,18H2,1-2H3,(H,19,20). The highest BCUT2D eigenvalue weighted by Crippen LogP contribution is 2.51. The molecule has 1 aliphatic rings. The van der Waals surface area contributed by atoms with Crippen molar-refractivity contribution >= 4 is 11.6 Å². The molecule has 1 saturated carbocycles. The second-order valence-corrected chi connectivity index (χ2v) is 5.90.